The van der Waals surface area contributed by atoms with Crippen LogP contribution in [0.25, 0.3) is 6.08 Å². The molecule has 2 rings (SSSR count). The van der Waals surface area contributed by atoms with Gasteiger partial charge in [0.05, 0.1) is 0 Å². The standard InChI is InChI=1S/C16H15FN2O/c1-11-8-13(17)10-15(9-11)19-16(20)7-4-12-2-5-14(18)6-3-12/h2-10H,18H2,1H3,(H,19,20)/b7-4+. The summed E-state index contributed by atoms with van der Waals surface area (Å²) in [5, 5.41) is 2.61. The fourth-order valence-electron chi connectivity index (χ4n) is 1.77. The minimum Gasteiger partial charge on any atom is -0.399 e. The van der Waals surface area contributed by atoms with E-state index in [1.165, 1.54) is 18.2 Å². The number of carbonyl (C=O) groups is 1. The number of carbonyl (C=O) groups excluding carboxylic acids is 1. The molecule has 0 aromatic heterocycles. The second-order valence-corrected chi connectivity index (χ2v) is 4.51. The maximum Gasteiger partial charge on any atom is 0.248 e. The number of nitrogens with one attached hydrogen (secondary N) is 1. The molecule has 20 heavy (non-hydrogen) atoms. The first kappa shape index (κ1) is 13.8. The van der Waals surface area contributed by atoms with Crippen LogP contribution in [0.1, 0.15) is 11.1 Å². The first-order valence-electron chi connectivity index (χ1n) is 6.15. The number of hydrogen-bond donors (Lipinski definition) is 2. The molecule has 0 heterocycles. The Morgan fingerprint density at radius 3 is 2.55 bits per heavy atom. The van der Waals surface area contributed by atoms with E-state index in [1.54, 1.807) is 31.2 Å². The molecule has 0 radical (unpaired) electrons. The molecule has 1 amide bonds. The van der Waals surface area contributed by atoms with E-state index in [4.69, 9.17) is 5.73 Å². The summed E-state index contributed by atoms with van der Waals surface area (Å²) in [6, 6.07) is 11.5. The van der Waals surface area contributed by atoms with E-state index < -0.39 is 0 Å². The van der Waals surface area contributed by atoms with Gasteiger partial charge >= 0.3 is 0 Å². The molecule has 0 unspecified atom stereocenters. The van der Waals surface area contributed by atoms with Gasteiger partial charge in [-0.25, -0.2) is 4.39 Å². The van der Waals surface area contributed by atoms with Gasteiger partial charge in [0.1, 0.15) is 5.82 Å². The molecular formula is C16H15FN2O. The van der Waals surface area contributed by atoms with Crippen molar-refractivity contribution in [2.45, 2.75) is 6.92 Å². The number of benzene rings is 2. The van der Waals surface area contributed by atoms with Gasteiger partial charge in [0, 0.05) is 17.5 Å². The minimum atomic E-state index is -0.372. The highest BCUT2D eigenvalue weighted by Gasteiger charge is 2.01. The van der Waals surface area contributed by atoms with Crippen molar-refractivity contribution in [1.29, 1.82) is 0 Å². The van der Waals surface area contributed by atoms with Crippen LogP contribution < -0.4 is 11.1 Å². The molecule has 0 spiro atoms. The predicted molar refractivity (Wildman–Crippen MR) is 79.7 cm³/mol. The first-order valence-corrected chi connectivity index (χ1v) is 6.15. The van der Waals surface area contributed by atoms with Crippen LogP contribution in [0.3, 0.4) is 0 Å². The highest BCUT2D eigenvalue weighted by Crippen LogP contribution is 2.13. The van der Waals surface area contributed by atoms with Gasteiger partial charge in [-0.15, -0.1) is 0 Å². The van der Waals surface area contributed by atoms with Crippen molar-refractivity contribution in [3.63, 3.8) is 0 Å². The van der Waals surface area contributed by atoms with Crippen molar-refractivity contribution in [2.75, 3.05) is 11.1 Å². The lowest BCUT2D eigenvalue weighted by Gasteiger charge is -2.03. The molecule has 0 aliphatic heterocycles. The molecule has 2 aromatic carbocycles. The second-order valence-electron chi connectivity index (χ2n) is 4.51. The first-order chi connectivity index (χ1) is 9.52. The van der Waals surface area contributed by atoms with Gasteiger partial charge in [-0.3, -0.25) is 4.79 Å². The quantitative estimate of drug-likeness (QED) is 0.663. The SMILES string of the molecule is Cc1cc(F)cc(NC(=O)/C=C/c2ccc(N)cc2)c1. The van der Waals surface area contributed by atoms with Crippen molar-refractivity contribution in [1.82, 2.24) is 0 Å². The predicted octanol–water partition coefficient (Wildman–Crippen LogP) is 3.37. The van der Waals surface area contributed by atoms with Crippen LogP contribution in [-0.4, -0.2) is 5.91 Å². The Morgan fingerprint density at radius 1 is 1.20 bits per heavy atom. The van der Waals surface area contributed by atoms with Crippen LogP contribution in [0.15, 0.2) is 48.5 Å². The monoisotopic (exact) mass is 270 g/mol. The highest BCUT2D eigenvalue weighted by atomic mass is 19.1. The lowest BCUT2D eigenvalue weighted by molar-refractivity contribution is -0.111. The van der Waals surface area contributed by atoms with E-state index in [2.05, 4.69) is 5.32 Å². The Hall–Kier alpha value is -2.62. The van der Waals surface area contributed by atoms with E-state index in [1.807, 2.05) is 12.1 Å². The Balaban J connectivity index is 2.03. The van der Waals surface area contributed by atoms with E-state index in [9.17, 15) is 9.18 Å². The molecule has 0 saturated heterocycles. The average Bonchev–Trinajstić information content (AvgIpc) is 2.37. The topological polar surface area (TPSA) is 55.1 Å². The maximum absolute atomic E-state index is 13.2. The Bertz CT molecular complexity index is 628. The largest absolute Gasteiger partial charge is 0.399 e. The molecule has 2 aromatic rings. The van der Waals surface area contributed by atoms with Crippen LogP contribution >= 0.6 is 0 Å². The van der Waals surface area contributed by atoms with Gasteiger partial charge < -0.3 is 11.1 Å². The zero-order chi connectivity index (χ0) is 14.5. The summed E-state index contributed by atoms with van der Waals surface area (Å²) in [6.45, 7) is 1.77. The zero-order valence-corrected chi connectivity index (χ0v) is 11.1. The summed E-state index contributed by atoms with van der Waals surface area (Å²) < 4.78 is 13.2. The van der Waals surface area contributed by atoms with Crippen molar-refractivity contribution >= 4 is 23.4 Å². The fourth-order valence-corrected chi connectivity index (χ4v) is 1.77. The molecule has 102 valence electrons. The number of nitrogens with two attached hydrogens (primary N) is 1. The number of rotatable bonds is 3. The van der Waals surface area contributed by atoms with Gasteiger partial charge in [-0.05, 0) is 54.5 Å². The smallest absolute Gasteiger partial charge is 0.248 e. The molecule has 0 aliphatic rings. The normalized spacial score (nSPS) is 10.7. The highest BCUT2D eigenvalue weighted by molar-refractivity contribution is 6.01. The minimum absolute atomic E-state index is 0.313. The lowest BCUT2D eigenvalue weighted by Crippen LogP contribution is -2.08. The summed E-state index contributed by atoms with van der Waals surface area (Å²) in [6.07, 6.45) is 3.06. The van der Waals surface area contributed by atoms with E-state index in [-0.39, 0.29) is 11.7 Å². The number of aryl methyl sites for hydroxylation is 1. The molecule has 3 N–H and O–H groups in total. The average molecular weight is 270 g/mol. The molecule has 3 nitrogen and oxygen atoms in total. The fraction of sp³-hybridized carbons (Fsp3) is 0.0625. The molecule has 0 aliphatic carbocycles. The van der Waals surface area contributed by atoms with Crippen LogP contribution in [-0.2, 0) is 4.79 Å². The van der Waals surface area contributed by atoms with Crippen LogP contribution in [0.4, 0.5) is 15.8 Å². The number of nitrogen functional groups attached to an aromatic ring is 1. The van der Waals surface area contributed by atoms with Gasteiger partial charge in [-0.1, -0.05) is 12.1 Å². The zero-order valence-electron chi connectivity index (χ0n) is 11.1. The Labute approximate surface area is 116 Å². The Morgan fingerprint density at radius 2 is 1.90 bits per heavy atom. The van der Waals surface area contributed by atoms with Crippen LogP contribution in [0.5, 0.6) is 0 Å². The van der Waals surface area contributed by atoms with Crippen molar-refractivity contribution in [3.8, 4) is 0 Å². The van der Waals surface area contributed by atoms with E-state index >= 15 is 0 Å². The Kier molecular flexibility index (Phi) is 4.15. The van der Waals surface area contributed by atoms with Gasteiger partial charge in [0.2, 0.25) is 5.91 Å². The summed E-state index contributed by atoms with van der Waals surface area (Å²) in [5.74, 6) is -0.686. The maximum atomic E-state index is 13.2. The summed E-state index contributed by atoms with van der Waals surface area (Å²) in [4.78, 5) is 11.7. The molecular weight excluding hydrogens is 255 g/mol. The van der Waals surface area contributed by atoms with Crippen LogP contribution in [0, 0.1) is 12.7 Å². The molecule has 0 bridgehead atoms. The van der Waals surface area contributed by atoms with Crippen molar-refractivity contribution in [2.24, 2.45) is 0 Å². The summed E-state index contributed by atoms with van der Waals surface area (Å²) in [7, 11) is 0. The third-order valence-electron chi connectivity index (χ3n) is 2.67. The van der Waals surface area contributed by atoms with Gasteiger partial charge in [0.15, 0.2) is 0 Å². The lowest BCUT2D eigenvalue weighted by atomic mass is 10.2. The molecule has 0 atom stereocenters. The van der Waals surface area contributed by atoms with E-state index in [0.29, 0.717) is 11.4 Å². The second kappa shape index (κ2) is 6.02. The number of anilines is 2. The van der Waals surface area contributed by atoms with Crippen molar-refractivity contribution in [3.05, 3.63) is 65.5 Å². The third-order valence-corrected chi connectivity index (χ3v) is 2.67. The summed E-state index contributed by atoms with van der Waals surface area (Å²) in [5.41, 5.74) is 8.30. The van der Waals surface area contributed by atoms with Gasteiger partial charge in [-0.2, -0.15) is 0 Å². The molecule has 4 heteroatoms. The number of hydrogen-bond acceptors (Lipinski definition) is 2. The number of halogens is 1. The number of amides is 1. The van der Waals surface area contributed by atoms with E-state index in [0.717, 1.165) is 11.1 Å². The molecule has 0 saturated carbocycles. The third kappa shape index (κ3) is 3.95. The van der Waals surface area contributed by atoms with Crippen molar-refractivity contribution < 1.29 is 9.18 Å². The van der Waals surface area contributed by atoms with Gasteiger partial charge in [0.25, 0.3) is 0 Å². The summed E-state index contributed by atoms with van der Waals surface area (Å²) >= 11 is 0. The van der Waals surface area contributed by atoms with Crippen LogP contribution in [0.2, 0.25) is 0 Å². The molecule has 0 fully saturated rings.